The average molecular weight is 277 g/mol. The molecule has 1 aliphatic rings. The van der Waals surface area contributed by atoms with Crippen LogP contribution in [0.4, 0.5) is 0 Å². The summed E-state index contributed by atoms with van der Waals surface area (Å²) in [7, 11) is 0. The van der Waals surface area contributed by atoms with Crippen molar-refractivity contribution in [2.24, 2.45) is 5.92 Å². The smallest absolute Gasteiger partial charge is 0.255 e. The fraction of sp³-hybridized carbons (Fsp3) is 0.562. The number of para-hydroxylation sites is 1. The van der Waals surface area contributed by atoms with Crippen LogP contribution in [0.5, 0.6) is 5.75 Å². The van der Waals surface area contributed by atoms with E-state index in [1.807, 2.05) is 32.0 Å². The molecule has 1 atom stereocenters. The minimum atomic E-state index is -0.529. The molecule has 0 heterocycles. The second-order valence-electron chi connectivity index (χ2n) is 5.69. The van der Waals surface area contributed by atoms with Crippen LogP contribution in [-0.2, 0) is 0 Å². The van der Waals surface area contributed by atoms with Gasteiger partial charge in [-0.25, -0.2) is 0 Å². The lowest BCUT2D eigenvalue weighted by Gasteiger charge is -2.27. The summed E-state index contributed by atoms with van der Waals surface area (Å²) in [5, 5.41) is 12.5. The molecule has 1 unspecified atom stereocenters. The molecule has 0 radical (unpaired) electrons. The normalized spacial score (nSPS) is 16.6. The highest BCUT2D eigenvalue weighted by Gasteiger charge is 2.22. The Bertz CT molecular complexity index is 455. The number of ether oxygens (including phenoxy) is 1. The molecule has 0 aliphatic heterocycles. The molecule has 1 saturated carbocycles. The van der Waals surface area contributed by atoms with Gasteiger partial charge in [-0.05, 0) is 37.3 Å². The van der Waals surface area contributed by atoms with Gasteiger partial charge in [0.15, 0.2) is 0 Å². The second-order valence-corrected chi connectivity index (χ2v) is 5.69. The molecular formula is C16H23NO3. The van der Waals surface area contributed by atoms with E-state index in [1.54, 1.807) is 6.07 Å². The first kappa shape index (κ1) is 14.9. The standard InChI is InChI=1S/C16H23NO3/c1-11(2)14(18)10-17-16(19)13-8-3-4-9-15(13)20-12-6-5-7-12/h3-4,8-9,11-12,14,18H,5-7,10H2,1-2H3,(H,17,19). The van der Waals surface area contributed by atoms with Crippen LogP contribution in [-0.4, -0.2) is 29.8 Å². The van der Waals surface area contributed by atoms with E-state index in [-0.39, 0.29) is 24.5 Å². The Hall–Kier alpha value is -1.55. The predicted molar refractivity (Wildman–Crippen MR) is 77.9 cm³/mol. The van der Waals surface area contributed by atoms with E-state index in [1.165, 1.54) is 6.42 Å². The number of hydrogen-bond donors (Lipinski definition) is 2. The summed E-state index contributed by atoms with van der Waals surface area (Å²) < 4.78 is 5.83. The maximum Gasteiger partial charge on any atom is 0.255 e. The predicted octanol–water partition coefficient (Wildman–Crippen LogP) is 2.36. The molecule has 20 heavy (non-hydrogen) atoms. The molecule has 2 N–H and O–H groups in total. The van der Waals surface area contributed by atoms with Gasteiger partial charge in [0.25, 0.3) is 5.91 Å². The van der Waals surface area contributed by atoms with Gasteiger partial charge in [-0.1, -0.05) is 26.0 Å². The number of aliphatic hydroxyl groups is 1. The number of nitrogens with one attached hydrogen (secondary N) is 1. The van der Waals surface area contributed by atoms with Gasteiger partial charge in [0.1, 0.15) is 5.75 Å². The molecule has 0 bridgehead atoms. The van der Waals surface area contributed by atoms with Crippen molar-refractivity contribution in [1.29, 1.82) is 0 Å². The minimum absolute atomic E-state index is 0.122. The molecule has 2 rings (SSSR count). The summed E-state index contributed by atoms with van der Waals surface area (Å²) in [6.07, 6.45) is 3.02. The lowest BCUT2D eigenvalue weighted by molar-refractivity contribution is 0.0853. The van der Waals surface area contributed by atoms with Crippen LogP contribution in [0.2, 0.25) is 0 Å². The Morgan fingerprint density at radius 2 is 2.10 bits per heavy atom. The molecule has 1 aromatic carbocycles. The number of hydrogen-bond acceptors (Lipinski definition) is 3. The van der Waals surface area contributed by atoms with Crippen LogP contribution in [0.25, 0.3) is 0 Å². The Morgan fingerprint density at radius 1 is 1.40 bits per heavy atom. The first-order chi connectivity index (χ1) is 9.58. The van der Waals surface area contributed by atoms with E-state index < -0.39 is 6.10 Å². The van der Waals surface area contributed by atoms with Gasteiger partial charge in [0.2, 0.25) is 0 Å². The summed E-state index contributed by atoms with van der Waals surface area (Å²) in [4.78, 5) is 12.2. The largest absolute Gasteiger partial charge is 0.490 e. The molecule has 4 heteroatoms. The lowest BCUT2D eigenvalue weighted by Crippen LogP contribution is -2.35. The molecule has 0 spiro atoms. The fourth-order valence-corrected chi connectivity index (χ4v) is 1.95. The molecule has 0 saturated heterocycles. The van der Waals surface area contributed by atoms with Crippen molar-refractivity contribution in [3.63, 3.8) is 0 Å². The zero-order valence-corrected chi connectivity index (χ0v) is 12.1. The maximum absolute atomic E-state index is 12.2. The number of benzene rings is 1. The van der Waals surface area contributed by atoms with E-state index in [0.717, 1.165) is 12.8 Å². The molecule has 0 aromatic heterocycles. The zero-order valence-electron chi connectivity index (χ0n) is 12.1. The van der Waals surface area contributed by atoms with Gasteiger partial charge < -0.3 is 15.2 Å². The van der Waals surface area contributed by atoms with Crippen molar-refractivity contribution in [2.75, 3.05) is 6.54 Å². The van der Waals surface area contributed by atoms with Crippen molar-refractivity contribution >= 4 is 5.91 Å². The van der Waals surface area contributed by atoms with Crippen molar-refractivity contribution in [3.8, 4) is 5.75 Å². The van der Waals surface area contributed by atoms with E-state index in [2.05, 4.69) is 5.32 Å². The third kappa shape index (κ3) is 3.73. The number of carbonyl (C=O) groups excluding carboxylic acids is 1. The monoisotopic (exact) mass is 277 g/mol. The van der Waals surface area contributed by atoms with Gasteiger partial charge in [-0.2, -0.15) is 0 Å². The summed E-state index contributed by atoms with van der Waals surface area (Å²) in [5.41, 5.74) is 0.537. The molecular weight excluding hydrogens is 254 g/mol. The maximum atomic E-state index is 12.2. The van der Waals surface area contributed by atoms with Crippen LogP contribution in [0, 0.1) is 5.92 Å². The number of carbonyl (C=O) groups is 1. The van der Waals surface area contributed by atoms with Crippen molar-refractivity contribution in [3.05, 3.63) is 29.8 Å². The highest BCUT2D eigenvalue weighted by Crippen LogP contribution is 2.27. The third-order valence-corrected chi connectivity index (χ3v) is 3.72. The zero-order chi connectivity index (χ0) is 14.5. The lowest BCUT2D eigenvalue weighted by atomic mass is 9.96. The van der Waals surface area contributed by atoms with Gasteiger partial charge in [0, 0.05) is 6.54 Å². The van der Waals surface area contributed by atoms with Crippen LogP contribution >= 0.6 is 0 Å². The Kier molecular flexibility index (Phi) is 5.01. The minimum Gasteiger partial charge on any atom is -0.490 e. The quantitative estimate of drug-likeness (QED) is 0.839. The fourth-order valence-electron chi connectivity index (χ4n) is 1.95. The highest BCUT2D eigenvalue weighted by molar-refractivity contribution is 5.96. The average Bonchev–Trinajstić information content (AvgIpc) is 2.40. The topological polar surface area (TPSA) is 58.6 Å². The Labute approximate surface area is 120 Å². The van der Waals surface area contributed by atoms with Crippen molar-refractivity contribution in [2.45, 2.75) is 45.3 Å². The van der Waals surface area contributed by atoms with E-state index >= 15 is 0 Å². The van der Waals surface area contributed by atoms with Crippen molar-refractivity contribution in [1.82, 2.24) is 5.32 Å². The number of rotatable bonds is 6. The Morgan fingerprint density at radius 3 is 2.70 bits per heavy atom. The summed E-state index contributed by atoms with van der Waals surface area (Å²) in [6.45, 7) is 4.10. The molecule has 110 valence electrons. The van der Waals surface area contributed by atoms with E-state index in [0.29, 0.717) is 11.3 Å². The summed E-state index contributed by atoms with van der Waals surface area (Å²) in [5.74, 6) is 0.560. The van der Waals surface area contributed by atoms with Crippen molar-refractivity contribution < 1.29 is 14.6 Å². The SMILES string of the molecule is CC(C)C(O)CNC(=O)c1ccccc1OC1CCC1. The van der Waals surface area contributed by atoms with Gasteiger partial charge in [0.05, 0.1) is 17.8 Å². The van der Waals surface area contributed by atoms with Crippen LogP contribution in [0.15, 0.2) is 24.3 Å². The van der Waals surface area contributed by atoms with Crippen LogP contribution in [0.1, 0.15) is 43.5 Å². The van der Waals surface area contributed by atoms with Crippen LogP contribution < -0.4 is 10.1 Å². The van der Waals surface area contributed by atoms with Gasteiger partial charge in [-0.3, -0.25) is 4.79 Å². The molecule has 1 amide bonds. The van der Waals surface area contributed by atoms with E-state index in [9.17, 15) is 9.90 Å². The third-order valence-electron chi connectivity index (χ3n) is 3.72. The van der Waals surface area contributed by atoms with Crippen LogP contribution in [0.3, 0.4) is 0 Å². The molecule has 1 aliphatic carbocycles. The molecule has 1 fully saturated rings. The van der Waals surface area contributed by atoms with E-state index in [4.69, 9.17) is 4.74 Å². The first-order valence-electron chi connectivity index (χ1n) is 7.30. The number of amides is 1. The van der Waals surface area contributed by atoms with Gasteiger partial charge in [-0.15, -0.1) is 0 Å². The number of aliphatic hydroxyl groups excluding tert-OH is 1. The van der Waals surface area contributed by atoms with Gasteiger partial charge >= 0.3 is 0 Å². The Balaban J connectivity index is 1.97. The molecule has 4 nitrogen and oxygen atoms in total. The second kappa shape index (κ2) is 6.75. The highest BCUT2D eigenvalue weighted by atomic mass is 16.5. The molecule has 1 aromatic rings. The summed E-state index contributed by atoms with van der Waals surface area (Å²) >= 11 is 0. The first-order valence-corrected chi connectivity index (χ1v) is 7.30. The summed E-state index contributed by atoms with van der Waals surface area (Å²) in [6, 6.07) is 7.27.